The van der Waals surface area contributed by atoms with Crippen molar-refractivity contribution in [3.63, 3.8) is 0 Å². The van der Waals surface area contributed by atoms with E-state index in [2.05, 4.69) is 0 Å². The molecule has 3 nitrogen and oxygen atoms in total. The average molecular weight is 98.1 g/mol. The van der Waals surface area contributed by atoms with Crippen LogP contribution in [0.2, 0.25) is 0 Å². The molecule has 0 fully saturated rings. The Morgan fingerprint density at radius 1 is 1.57 bits per heavy atom. The van der Waals surface area contributed by atoms with Gasteiger partial charge in [-0.25, -0.2) is 0 Å². The lowest BCUT2D eigenvalue weighted by molar-refractivity contribution is 0.255. The van der Waals surface area contributed by atoms with E-state index in [4.69, 9.17) is 15.9 Å². The summed E-state index contributed by atoms with van der Waals surface area (Å²) in [6.45, 7) is 0. The quantitative estimate of drug-likeness (QED) is 0.420. The summed E-state index contributed by atoms with van der Waals surface area (Å²) in [5, 5.41) is 21.0. The number of hydrogen-bond acceptors (Lipinski definition) is 3. The maximum Gasteiger partial charge on any atom is 0.103 e. The second-order valence-electron chi connectivity index (χ2n) is 1.04. The highest BCUT2D eigenvalue weighted by Gasteiger charge is 1.93. The van der Waals surface area contributed by atoms with Crippen LogP contribution in [0.15, 0.2) is 0 Å². The van der Waals surface area contributed by atoms with Crippen LogP contribution in [0.4, 0.5) is 0 Å². The molecule has 1 atom stereocenters. The van der Waals surface area contributed by atoms with Crippen molar-refractivity contribution >= 4 is 12.4 Å². The van der Waals surface area contributed by atoms with E-state index in [-0.39, 0.29) is 6.42 Å². The van der Waals surface area contributed by atoms with Crippen LogP contribution in [0.1, 0.15) is 6.42 Å². The zero-order chi connectivity index (χ0) is 5.70. The Hall–Kier alpha value is -0.700. The highest BCUT2D eigenvalue weighted by atomic mass is 16.3. The molecule has 0 saturated heterocycles. The number of nitrogens with one attached hydrogen (secondary N) is 2. The Morgan fingerprint density at radius 2 is 2.14 bits per heavy atom. The largest absolute Gasteiger partial charge is 0.386 e. The third kappa shape index (κ3) is 3.12. The van der Waals surface area contributed by atoms with E-state index in [0.29, 0.717) is 0 Å². The molecule has 0 saturated carbocycles. The zero-order valence-corrected chi connectivity index (χ0v) is 3.73. The summed E-state index contributed by atoms with van der Waals surface area (Å²) in [4.78, 5) is 0. The third-order valence-corrected chi connectivity index (χ3v) is 0.462. The van der Waals surface area contributed by atoms with Gasteiger partial charge in [0.05, 0.1) is 12.4 Å². The number of rotatable bonds is 3. The van der Waals surface area contributed by atoms with Crippen LogP contribution < -0.4 is 0 Å². The Bertz CT molecular complexity index is 72.1. The molecular formula is C4H6N2O. The molecule has 0 aromatic heterocycles. The topological polar surface area (TPSA) is 67.9 Å². The molecule has 0 aliphatic rings. The lowest BCUT2D eigenvalue weighted by Crippen LogP contribution is -2.06. The minimum absolute atomic E-state index is 0.0729. The van der Waals surface area contributed by atoms with Gasteiger partial charge in [-0.15, -0.1) is 0 Å². The minimum Gasteiger partial charge on any atom is -0.386 e. The summed E-state index contributed by atoms with van der Waals surface area (Å²) >= 11 is 0. The van der Waals surface area contributed by atoms with Crippen molar-refractivity contribution < 1.29 is 5.11 Å². The molecule has 0 rings (SSSR count). The van der Waals surface area contributed by atoms with Gasteiger partial charge in [0.15, 0.2) is 0 Å². The molecule has 0 aromatic carbocycles. The maximum absolute atomic E-state index is 8.38. The first kappa shape index (κ1) is 6.30. The standard InChI is InChI=1S/C4H6N2O/c5-2-1-4(7)3-6/h4-7H,1H2. The fourth-order valence-corrected chi connectivity index (χ4v) is 0.148. The Balaban J connectivity index is 3.15. The van der Waals surface area contributed by atoms with E-state index in [1.807, 2.05) is 6.21 Å². The van der Waals surface area contributed by atoms with E-state index < -0.39 is 6.10 Å². The van der Waals surface area contributed by atoms with Crippen molar-refractivity contribution in [1.82, 2.24) is 0 Å². The Kier molecular flexibility index (Phi) is 3.14. The van der Waals surface area contributed by atoms with Crippen LogP contribution >= 0.6 is 0 Å². The molecule has 0 spiro atoms. The number of aliphatic hydroxyl groups is 1. The first-order valence-electron chi connectivity index (χ1n) is 1.81. The van der Waals surface area contributed by atoms with Crippen LogP contribution in [0.5, 0.6) is 0 Å². The first-order valence-corrected chi connectivity index (χ1v) is 1.81. The summed E-state index contributed by atoms with van der Waals surface area (Å²) in [5.41, 5.74) is 0. The molecule has 3 N–H and O–H groups in total. The van der Waals surface area contributed by atoms with Crippen LogP contribution in [-0.4, -0.2) is 23.6 Å². The molecule has 0 aliphatic heterocycles. The molecule has 0 heterocycles. The lowest BCUT2D eigenvalue weighted by Gasteiger charge is -1.91. The van der Waals surface area contributed by atoms with Crippen LogP contribution in [-0.2, 0) is 0 Å². The summed E-state index contributed by atoms with van der Waals surface area (Å²) < 4.78 is 0. The molecule has 1 unspecified atom stereocenters. The fourth-order valence-electron chi connectivity index (χ4n) is 0.148. The van der Waals surface area contributed by atoms with Gasteiger partial charge in [0.2, 0.25) is 0 Å². The molecule has 2 radical (unpaired) electrons. The Morgan fingerprint density at radius 3 is 2.29 bits per heavy atom. The third-order valence-electron chi connectivity index (χ3n) is 0.462. The molecule has 7 heavy (non-hydrogen) atoms. The van der Waals surface area contributed by atoms with Crippen molar-refractivity contribution in [3.8, 4) is 0 Å². The predicted molar refractivity (Wildman–Crippen MR) is 26.1 cm³/mol. The van der Waals surface area contributed by atoms with Crippen molar-refractivity contribution in [2.75, 3.05) is 0 Å². The second-order valence-corrected chi connectivity index (χ2v) is 1.04. The molecule has 0 amide bonds. The van der Waals surface area contributed by atoms with Crippen molar-refractivity contribution in [1.29, 1.82) is 10.8 Å². The van der Waals surface area contributed by atoms with E-state index in [0.717, 1.165) is 0 Å². The highest BCUT2D eigenvalue weighted by Crippen LogP contribution is 1.78. The minimum atomic E-state index is -0.933. The van der Waals surface area contributed by atoms with Crippen LogP contribution in [0, 0.1) is 10.8 Å². The van der Waals surface area contributed by atoms with Crippen LogP contribution in [0.25, 0.3) is 0 Å². The van der Waals surface area contributed by atoms with Gasteiger partial charge >= 0.3 is 0 Å². The van der Waals surface area contributed by atoms with Gasteiger partial charge in [-0.1, -0.05) is 0 Å². The van der Waals surface area contributed by atoms with Crippen molar-refractivity contribution in [2.45, 2.75) is 12.5 Å². The number of hydrogen-bond donors (Lipinski definition) is 3. The zero-order valence-electron chi connectivity index (χ0n) is 3.73. The molecule has 38 valence electrons. The summed E-state index contributed by atoms with van der Waals surface area (Å²) in [7, 11) is 0. The Labute approximate surface area is 42.0 Å². The molecule has 0 aliphatic carbocycles. The van der Waals surface area contributed by atoms with Gasteiger partial charge in [0.25, 0.3) is 0 Å². The lowest BCUT2D eigenvalue weighted by atomic mass is 10.3. The van der Waals surface area contributed by atoms with Gasteiger partial charge in [-0.3, -0.25) is 0 Å². The van der Waals surface area contributed by atoms with Crippen molar-refractivity contribution in [2.24, 2.45) is 0 Å². The van der Waals surface area contributed by atoms with E-state index in [1.54, 1.807) is 6.21 Å². The summed E-state index contributed by atoms with van der Waals surface area (Å²) in [6.07, 6.45) is 2.86. The molecule has 3 heteroatoms. The summed E-state index contributed by atoms with van der Waals surface area (Å²) in [6, 6.07) is 0. The SMILES string of the molecule is N=[C]CC(O)[C]=N. The van der Waals surface area contributed by atoms with E-state index in [1.165, 1.54) is 0 Å². The van der Waals surface area contributed by atoms with Gasteiger partial charge in [0, 0.05) is 6.42 Å². The predicted octanol–water partition coefficient (Wildman–Crippen LogP) is -0.209. The molecule has 0 bridgehead atoms. The average Bonchev–Trinajstić information content (AvgIpc) is 1.68. The normalized spacial score (nSPS) is 12.7. The van der Waals surface area contributed by atoms with Gasteiger partial charge in [0.1, 0.15) is 6.10 Å². The fraction of sp³-hybridized carbons (Fsp3) is 0.500. The first-order chi connectivity index (χ1) is 3.31. The van der Waals surface area contributed by atoms with Crippen LogP contribution in [0.3, 0.4) is 0 Å². The van der Waals surface area contributed by atoms with E-state index in [9.17, 15) is 0 Å². The van der Waals surface area contributed by atoms with E-state index >= 15 is 0 Å². The smallest absolute Gasteiger partial charge is 0.103 e. The van der Waals surface area contributed by atoms with Gasteiger partial charge in [-0.05, 0) is 0 Å². The molecular weight excluding hydrogens is 92.1 g/mol. The number of aliphatic hydroxyl groups excluding tert-OH is 1. The highest BCUT2D eigenvalue weighted by molar-refractivity contribution is 5.66. The van der Waals surface area contributed by atoms with Gasteiger partial charge < -0.3 is 15.9 Å². The monoisotopic (exact) mass is 98.0 g/mol. The second kappa shape index (κ2) is 3.49. The molecule has 0 aromatic rings. The van der Waals surface area contributed by atoms with Crippen molar-refractivity contribution in [3.05, 3.63) is 0 Å². The maximum atomic E-state index is 8.38. The summed E-state index contributed by atoms with van der Waals surface area (Å²) in [5.74, 6) is 0. The van der Waals surface area contributed by atoms with Gasteiger partial charge in [-0.2, -0.15) is 0 Å².